The van der Waals surface area contributed by atoms with Gasteiger partial charge in [-0.1, -0.05) is 37.6 Å². The molecule has 0 radical (unpaired) electrons. The summed E-state index contributed by atoms with van der Waals surface area (Å²) >= 11 is 0. The maximum Gasteiger partial charge on any atom is 0.251 e. The van der Waals surface area contributed by atoms with Crippen LogP contribution in [0.5, 0.6) is 5.75 Å². The van der Waals surface area contributed by atoms with Gasteiger partial charge in [0.1, 0.15) is 12.4 Å². The van der Waals surface area contributed by atoms with Crippen LogP contribution in [0.1, 0.15) is 45.6 Å². The number of amides is 1. The lowest BCUT2D eigenvalue weighted by Gasteiger charge is -2.20. The molecule has 0 fully saturated rings. The summed E-state index contributed by atoms with van der Waals surface area (Å²) in [6.07, 6.45) is 6.86. The van der Waals surface area contributed by atoms with Gasteiger partial charge >= 0.3 is 0 Å². The van der Waals surface area contributed by atoms with Gasteiger partial charge in [-0.05, 0) is 73.7 Å². The van der Waals surface area contributed by atoms with E-state index in [1.54, 1.807) is 0 Å². The highest BCUT2D eigenvalue weighted by Gasteiger charge is 2.18. The highest BCUT2D eigenvalue weighted by Crippen LogP contribution is 2.32. The smallest absolute Gasteiger partial charge is 0.251 e. The summed E-state index contributed by atoms with van der Waals surface area (Å²) in [5, 5.41) is 2.97. The maximum atomic E-state index is 12.7. The van der Waals surface area contributed by atoms with Gasteiger partial charge in [-0.15, -0.1) is 0 Å². The molecule has 0 saturated heterocycles. The topological polar surface area (TPSA) is 50.8 Å². The molecule has 1 N–H and O–H groups in total. The predicted molar refractivity (Wildman–Crippen MR) is 137 cm³/mol. The van der Waals surface area contributed by atoms with E-state index in [4.69, 9.17) is 9.47 Å². The van der Waals surface area contributed by atoms with Crippen molar-refractivity contribution in [3.05, 3.63) is 65.4 Å². The molecule has 0 aliphatic carbocycles. The summed E-state index contributed by atoms with van der Waals surface area (Å²) in [6, 6.07) is 14.6. The van der Waals surface area contributed by atoms with E-state index in [2.05, 4.69) is 54.5 Å². The molecule has 0 bridgehead atoms. The summed E-state index contributed by atoms with van der Waals surface area (Å²) in [7, 11) is 2.07. The third-order valence-electron chi connectivity index (χ3n) is 5.85. The van der Waals surface area contributed by atoms with Gasteiger partial charge in [0.25, 0.3) is 5.91 Å². The number of carbonyl (C=O) groups excluding carboxylic acids is 1. The molecule has 1 aliphatic rings. The second-order valence-corrected chi connectivity index (χ2v) is 8.38. The Balaban J connectivity index is 1.73. The Morgan fingerprint density at radius 1 is 1.09 bits per heavy atom. The first-order chi connectivity index (χ1) is 16.0. The zero-order valence-electron chi connectivity index (χ0n) is 20.3. The predicted octanol–water partition coefficient (Wildman–Crippen LogP) is 5.81. The fraction of sp³-hybridized carbons (Fsp3) is 0.393. The number of ether oxygens (including phenoxy) is 2. The highest BCUT2D eigenvalue weighted by molar-refractivity contribution is 6.00. The lowest BCUT2D eigenvalue weighted by molar-refractivity contribution is -0.116. The van der Waals surface area contributed by atoms with E-state index >= 15 is 0 Å². The van der Waals surface area contributed by atoms with Crippen molar-refractivity contribution in [3.8, 4) is 16.9 Å². The Morgan fingerprint density at radius 3 is 2.58 bits per heavy atom. The molecule has 0 atom stereocenters. The number of rotatable bonds is 10. The maximum absolute atomic E-state index is 12.7. The Bertz CT molecular complexity index is 993. The molecular weight excluding hydrogens is 412 g/mol. The average Bonchev–Trinajstić information content (AvgIpc) is 3.00. The van der Waals surface area contributed by atoms with Crippen LogP contribution in [0.15, 0.2) is 59.8 Å². The van der Waals surface area contributed by atoms with Crippen LogP contribution in [0, 0.1) is 0 Å². The fourth-order valence-corrected chi connectivity index (χ4v) is 3.69. The minimum Gasteiger partial charge on any atom is -0.491 e. The first kappa shape index (κ1) is 24.6. The zero-order chi connectivity index (χ0) is 23.6. The highest BCUT2D eigenvalue weighted by atomic mass is 16.5. The van der Waals surface area contributed by atoms with Crippen LogP contribution < -0.4 is 15.0 Å². The molecular formula is C28H36N2O3. The third kappa shape index (κ3) is 6.96. The van der Waals surface area contributed by atoms with E-state index < -0.39 is 0 Å². The first-order valence-electron chi connectivity index (χ1n) is 11.8. The van der Waals surface area contributed by atoms with Crippen molar-refractivity contribution >= 4 is 17.7 Å². The molecule has 1 aliphatic heterocycles. The Hall–Kier alpha value is -3.05. The Kier molecular flexibility index (Phi) is 9.14. The average molecular weight is 449 g/mol. The SMILES string of the molecule is C/C=C(\C)NC(=O)C1=Cc2cc(-c3ccc(OCCOCCCC)cc3)ccc2N(C)CC1. The van der Waals surface area contributed by atoms with E-state index in [0.717, 1.165) is 65.4 Å². The lowest BCUT2D eigenvalue weighted by atomic mass is 10.00. The normalized spacial score (nSPS) is 13.8. The summed E-state index contributed by atoms with van der Waals surface area (Å²) in [5.41, 5.74) is 6.07. The molecule has 1 amide bonds. The van der Waals surface area contributed by atoms with Gasteiger partial charge in [0.2, 0.25) is 0 Å². The molecule has 1 heterocycles. The second-order valence-electron chi connectivity index (χ2n) is 8.38. The number of benzene rings is 2. The molecule has 5 nitrogen and oxygen atoms in total. The Morgan fingerprint density at radius 2 is 1.85 bits per heavy atom. The third-order valence-corrected chi connectivity index (χ3v) is 5.85. The van der Waals surface area contributed by atoms with Crippen LogP contribution in [0.2, 0.25) is 0 Å². The zero-order valence-corrected chi connectivity index (χ0v) is 20.3. The second kappa shape index (κ2) is 12.3. The monoisotopic (exact) mass is 448 g/mol. The van der Waals surface area contributed by atoms with Gasteiger partial charge in [-0.2, -0.15) is 0 Å². The number of hydrogen-bond acceptors (Lipinski definition) is 4. The van der Waals surface area contributed by atoms with Crippen molar-refractivity contribution in [1.29, 1.82) is 0 Å². The van der Waals surface area contributed by atoms with Crippen molar-refractivity contribution < 1.29 is 14.3 Å². The number of nitrogens with one attached hydrogen (secondary N) is 1. The summed E-state index contributed by atoms with van der Waals surface area (Å²) in [4.78, 5) is 14.9. The number of carbonyl (C=O) groups is 1. The van der Waals surface area contributed by atoms with Crippen molar-refractivity contribution in [2.24, 2.45) is 0 Å². The summed E-state index contributed by atoms with van der Waals surface area (Å²) in [5.74, 6) is 0.808. The molecule has 33 heavy (non-hydrogen) atoms. The van der Waals surface area contributed by atoms with Crippen LogP contribution in [-0.2, 0) is 9.53 Å². The number of unbranched alkanes of at least 4 members (excludes halogenated alkanes) is 1. The molecule has 0 saturated carbocycles. The van der Waals surface area contributed by atoms with Crippen molar-refractivity contribution in [2.45, 2.75) is 40.0 Å². The van der Waals surface area contributed by atoms with Crippen LogP contribution in [-0.4, -0.2) is 39.3 Å². The summed E-state index contributed by atoms with van der Waals surface area (Å²) in [6.45, 7) is 8.73. The van der Waals surface area contributed by atoms with Crippen LogP contribution in [0.3, 0.4) is 0 Å². The number of fused-ring (bicyclic) bond motifs is 1. The van der Waals surface area contributed by atoms with Gasteiger partial charge in [-0.25, -0.2) is 0 Å². The summed E-state index contributed by atoms with van der Waals surface area (Å²) < 4.78 is 11.3. The van der Waals surface area contributed by atoms with Crippen molar-refractivity contribution in [2.75, 3.05) is 38.3 Å². The molecule has 176 valence electrons. The van der Waals surface area contributed by atoms with Crippen LogP contribution in [0.25, 0.3) is 17.2 Å². The van der Waals surface area contributed by atoms with E-state index in [-0.39, 0.29) is 5.91 Å². The number of nitrogens with zero attached hydrogens (tertiary/aromatic N) is 1. The first-order valence-corrected chi connectivity index (χ1v) is 11.8. The standard InChI is InChI=1S/C28H36N2O3/c1-5-7-16-32-17-18-33-26-11-8-22(9-12-26)23-10-13-27-25(19-23)20-24(14-15-30(27)4)28(31)29-21(3)6-2/h6,8-13,19-20H,5,7,14-18H2,1-4H3,(H,29,31)/b21-6+. The number of hydrogen-bond donors (Lipinski definition) is 1. The molecule has 0 unspecified atom stereocenters. The number of allylic oxidation sites excluding steroid dienone is 2. The van der Waals surface area contributed by atoms with Gasteiger partial charge in [-0.3, -0.25) is 4.79 Å². The Labute approximate surface area is 198 Å². The largest absolute Gasteiger partial charge is 0.491 e. The molecule has 3 rings (SSSR count). The quantitative estimate of drug-likeness (QED) is 0.466. The molecule has 2 aromatic carbocycles. The van der Waals surface area contributed by atoms with Crippen molar-refractivity contribution in [1.82, 2.24) is 5.32 Å². The van der Waals surface area contributed by atoms with Gasteiger partial charge in [0.15, 0.2) is 0 Å². The van der Waals surface area contributed by atoms with E-state index in [0.29, 0.717) is 19.6 Å². The molecule has 0 spiro atoms. The van der Waals surface area contributed by atoms with E-state index in [9.17, 15) is 4.79 Å². The van der Waals surface area contributed by atoms with E-state index in [1.807, 2.05) is 38.1 Å². The van der Waals surface area contributed by atoms with Crippen LogP contribution >= 0.6 is 0 Å². The number of anilines is 1. The fourth-order valence-electron chi connectivity index (χ4n) is 3.69. The molecule has 0 aromatic heterocycles. The molecule has 2 aromatic rings. The minimum atomic E-state index is -0.0302. The van der Waals surface area contributed by atoms with Gasteiger partial charge in [0, 0.05) is 37.2 Å². The minimum absolute atomic E-state index is 0.0302. The van der Waals surface area contributed by atoms with Gasteiger partial charge in [0.05, 0.1) is 6.61 Å². The van der Waals surface area contributed by atoms with E-state index in [1.165, 1.54) is 0 Å². The van der Waals surface area contributed by atoms with Gasteiger partial charge < -0.3 is 19.7 Å². The lowest BCUT2D eigenvalue weighted by Crippen LogP contribution is -2.25. The van der Waals surface area contributed by atoms with Crippen molar-refractivity contribution in [3.63, 3.8) is 0 Å². The van der Waals surface area contributed by atoms with Crippen LogP contribution in [0.4, 0.5) is 5.69 Å². The molecule has 5 heteroatoms.